The molecule has 1 aliphatic heterocycles. The molecule has 3 rings (SSSR count). The molecule has 1 aliphatic rings. The Kier molecular flexibility index (Phi) is 4.06. The summed E-state index contributed by atoms with van der Waals surface area (Å²) in [6.45, 7) is 7.24. The zero-order valence-electron chi connectivity index (χ0n) is 13.6. The van der Waals surface area contributed by atoms with Crippen LogP contribution in [0, 0.1) is 6.92 Å². The van der Waals surface area contributed by atoms with E-state index < -0.39 is 5.76 Å². The maximum absolute atomic E-state index is 12.6. The lowest BCUT2D eigenvalue weighted by Gasteiger charge is -2.29. The molecule has 23 heavy (non-hydrogen) atoms. The van der Waals surface area contributed by atoms with E-state index in [0.29, 0.717) is 24.7 Å². The number of hydrogen-bond acceptors (Lipinski definition) is 5. The highest BCUT2D eigenvalue weighted by atomic mass is 16.4. The van der Waals surface area contributed by atoms with Crippen LogP contribution in [0.15, 0.2) is 15.3 Å². The Morgan fingerprint density at radius 3 is 2.61 bits per heavy atom. The molecule has 0 bridgehead atoms. The zero-order valence-corrected chi connectivity index (χ0v) is 13.6. The Balaban J connectivity index is 1.66. The topological polar surface area (TPSA) is 97.0 Å². The van der Waals surface area contributed by atoms with Crippen molar-refractivity contribution in [3.05, 3.63) is 33.9 Å². The summed E-state index contributed by atoms with van der Waals surface area (Å²) >= 11 is 0. The van der Waals surface area contributed by atoms with Gasteiger partial charge < -0.3 is 9.32 Å². The van der Waals surface area contributed by atoms with Gasteiger partial charge >= 0.3 is 5.76 Å². The molecule has 0 spiro atoms. The summed E-state index contributed by atoms with van der Waals surface area (Å²) in [6, 6.07) is 2.06. The van der Waals surface area contributed by atoms with Gasteiger partial charge in [0.15, 0.2) is 5.69 Å². The number of aryl methyl sites for hydroxylation is 1. The van der Waals surface area contributed by atoms with Crippen molar-refractivity contribution in [2.24, 2.45) is 0 Å². The first kappa shape index (κ1) is 15.5. The molecule has 0 aliphatic carbocycles. The molecule has 1 N–H and O–H groups in total. The van der Waals surface area contributed by atoms with Crippen LogP contribution in [0.2, 0.25) is 0 Å². The second-order valence-electron chi connectivity index (χ2n) is 6.23. The number of carbonyl (C=O) groups excluding carboxylic acids is 1. The molecule has 1 fully saturated rings. The second-order valence-corrected chi connectivity index (χ2v) is 6.23. The number of piperidine rings is 1. The van der Waals surface area contributed by atoms with Gasteiger partial charge in [-0.05, 0) is 39.7 Å². The number of hydrogen-bond donors (Lipinski definition) is 1. The predicted octanol–water partition coefficient (Wildman–Crippen LogP) is 1.47. The van der Waals surface area contributed by atoms with E-state index in [-0.39, 0.29) is 17.9 Å². The van der Waals surface area contributed by atoms with Crippen LogP contribution in [0.4, 0.5) is 0 Å². The first-order chi connectivity index (χ1) is 11.0. The third-order valence-electron chi connectivity index (χ3n) is 4.22. The van der Waals surface area contributed by atoms with Gasteiger partial charge in [0.05, 0.1) is 0 Å². The molecule has 3 heterocycles. The van der Waals surface area contributed by atoms with Gasteiger partial charge in [0.2, 0.25) is 5.89 Å². The van der Waals surface area contributed by atoms with E-state index in [9.17, 15) is 9.59 Å². The maximum Gasteiger partial charge on any atom is 0.434 e. The predicted molar refractivity (Wildman–Crippen MR) is 82.4 cm³/mol. The average Bonchev–Trinajstić information content (AvgIpc) is 3.13. The van der Waals surface area contributed by atoms with E-state index >= 15 is 0 Å². The Hall–Kier alpha value is -2.38. The summed E-state index contributed by atoms with van der Waals surface area (Å²) in [4.78, 5) is 25.4. The van der Waals surface area contributed by atoms with Crippen molar-refractivity contribution in [3.63, 3.8) is 0 Å². The van der Waals surface area contributed by atoms with Gasteiger partial charge in [0.1, 0.15) is 0 Å². The van der Waals surface area contributed by atoms with Crippen LogP contribution in [0.5, 0.6) is 0 Å². The molecular formula is C15H21N5O3. The van der Waals surface area contributed by atoms with E-state index in [1.54, 1.807) is 4.90 Å². The number of likely N-dealkylation sites (tertiary alicyclic amines) is 1. The number of carbonyl (C=O) groups is 1. The van der Waals surface area contributed by atoms with Gasteiger partial charge in [-0.15, -0.1) is 5.10 Å². The Morgan fingerprint density at radius 1 is 1.39 bits per heavy atom. The highest BCUT2D eigenvalue weighted by molar-refractivity contribution is 5.92. The molecule has 0 aromatic carbocycles. The Bertz CT molecular complexity index is 749. The molecule has 124 valence electrons. The molecule has 2 aromatic heterocycles. The van der Waals surface area contributed by atoms with Gasteiger partial charge in [0, 0.05) is 30.7 Å². The van der Waals surface area contributed by atoms with Crippen molar-refractivity contribution >= 4 is 5.91 Å². The van der Waals surface area contributed by atoms with Crippen molar-refractivity contribution in [1.29, 1.82) is 0 Å². The van der Waals surface area contributed by atoms with Gasteiger partial charge in [-0.2, -0.15) is 5.10 Å². The molecule has 2 aromatic rings. The molecule has 8 nitrogen and oxygen atoms in total. The fourth-order valence-electron chi connectivity index (χ4n) is 3.02. The third-order valence-corrected chi connectivity index (χ3v) is 4.22. The summed E-state index contributed by atoms with van der Waals surface area (Å²) in [5, 5.41) is 10.6. The van der Waals surface area contributed by atoms with Crippen LogP contribution in [0.3, 0.4) is 0 Å². The standard InChI is InChI=1S/C15H21N5O3/c1-9(2)20-10(3)8-12(18-20)14(21)19-6-4-11(5-7-19)13-16-17-15(22)23-13/h8-9,11H,4-7H2,1-3H3,(H,17,22). The minimum Gasteiger partial charge on any atom is -0.392 e. The highest BCUT2D eigenvalue weighted by Gasteiger charge is 2.28. The quantitative estimate of drug-likeness (QED) is 0.924. The smallest absolute Gasteiger partial charge is 0.392 e. The molecule has 0 radical (unpaired) electrons. The van der Waals surface area contributed by atoms with Crippen LogP contribution >= 0.6 is 0 Å². The summed E-state index contributed by atoms with van der Waals surface area (Å²) in [6.07, 6.45) is 1.45. The van der Waals surface area contributed by atoms with E-state index in [2.05, 4.69) is 15.3 Å². The number of nitrogens with one attached hydrogen (secondary N) is 1. The van der Waals surface area contributed by atoms with Gasteiger partial charge in [0.25, 0.3) is 5.91 Å². The second kappa shape index (κ2) is 6.02. The first-order valence-corrected chi connectivity index (χ1v) is 7.86. The lowest BCUT2D eigenvalue weighted by Crippen LogP contribution is -2.38. The van der Waals surface area contributed by atoms with Crippen molar-refractivity contribution in [3.8, 4) is 0 Å². The number of rotatable bonds is 3. The molecule has 1 amide bonds. The molecule has 0 atom stereocenters. The lowest BCUT2D eigenvalue weighted by molar-refractivity contribution is 0.0699. The monoisotopic (exact) mass is 319 g/mol. The highest BCUT2D eigenvalue weighted by Crippen LogP contribution is 2.26. The average molecular weight is 319 g/mol. The number of aromatic nitrogens is 4. The first-order valence-electron chi connectivity index (χ1n) is 7.86. The molecule has 1 saturated heterocycles. The van der Waals surface area contributed by atoms with E-state index in [0.717, 1.165) is 18.5 Å². The van der Waals surface area contributed by atoms with Gasteiger partial charge in [-0.25, -0.2) is 9.89 Å². The van der Waals surface area contributed by atoms with Crippen LogP contribution in [0.1, 0.15) is 60.7 Å². The van der Waals surface area contributed by atoms with Crippen LogP contribution in [0.25, 0.3) is 0 Å². The van der Waals surface area contributed by atoms with Gasteiger partial charge in [-0.3, -0.25) is 9.48 Å². The molecule has 0 unspecified atom stereocenters. The third kappa shape index (κ3) is 3.06. The van der Waals surface area contributed by atoms with Crippen molar-refractivity contribution < 1.29 is 9.21 Å². The van der Waals surface area contributed by atoms with Crippen molar-refractivity contribution in [2.75, 3.05) is 13.1 Å². The zero-order chi connectivity index (χ0) is 16.6. The Labute approximate surface area is 133 Å². The Morgan fingerprint density at radius 2 is 2.09 bits per heavy atom. The van der Waals surface area contributed by atoms with Crippen molar-refractivity contribution in [2.45, 2.75) is 45.6 Å². The fraction of sp³-hybridized carbons (Fsp3) is 0.600. The lowest BCUT2D eigenvalue weighted by atomic mass is 9.96. The number of H-pyrrole nitrogens is 1. The van der Waals surface area contributed by atoms with E-state index in [1.165, 1.54) is 0 Å². The summed E-state index contributed by atoms with van der Waals surface area (Å²) in [5.74, 6) is -0.0716. The number of aromatic amines is 1. The van der Waals surface area contributed by atoms with E-state index in [4.69, 9.17) is 4.42 Å². The molecule has 0 saturated carbocycles. The van der Waals surface area contributed by atoms with Gasteiger partial charge in [-0.1, -0.05) is 0 Å². The van der Waals surface area contributed by atoms with Crippen LogP contribution in [-0.4, -0.2) is 43.9 Å². The fourth-order valence-corrected chi connectivity index (χ4v) is 3.02. The normalized spacial score (nSPS) is 16.3. The summed E-state index contributed by atoms with van der Waals surface area (Å²) in [7, 11) is 0. The summed E-state index contributed by atoms with van der Waals surface area (Å²) in [5.41, 5.74) is 1.47. The largest absolute Gasteiger partial charge is 0.434 e. The SMILES string of the molecule is Cc1cc(C(=O)N2CCC(c3n[nH]c(=O)o3)CC2)nn1C(C)C. The van der Waals surface area contributed by atoms with Crippen LogP contribution in [-0.2, 0) is 0 Å². The van der Waals surface area contributed by atoms with Crippen LogP contribution < -0.4 is 5.76 Å². The minimum absolute atomic E-state index is 0.0468. The molecular weight excluding hydrogens is 298 g/mol. The summed E-state index contributed by atoms with van der Waals surface area (Å²) < 4.78 is 6.87. The number of amides is 1. The van der Waals surface area contributed by atoms with Crippen molar-refractivity contribution in [1.82, 2.24) is 24.9 Å². The molecule has 8 heteroatoms. The number of nitrogens with zero attached hydrogens (tertiary/aromatic N) is 4. The van der Waals surface area contributed by atoms with E-state index in [1.807, 2.05) is 31.5 Å². The maximum atomic E-state index is 12.6. The minimum atomic E-state index is -0.534.